The monoisotopic (exact) mass is 342 g/mol. The number of hydrogen-bond acceptors (Lipinski definition) is 4. The van der Waals surface area contributed by atoms with Gasteiger partial charge in [0.25, 0.3) is 10.0 Å². The lowest BCUT2D eigenvalue weighted by atomic mass is 10.0. The molecule has 3 rings (SSSR count). The number of carbonyl (C=O) groups is 1. The number of ketones is 1. The fourth-order valence-corrected chi connectivity index (χ4v) is 4.06. The molecule has 2 aromatic heterocycles. The summed E-state index contributed by atoms with van der Waals surface area (Å²) in [6.45, 7) is 3.61. The predicted molar refractivity (Wildman–Crippen MR) is 92.3 cm³/mol. The van der Waals surface area contributed by atoms with Crippen molar-refractivity contribution < 1.29 is 13.2 Å². The van der Waals surface area contributed by atoms with Crippen molar-refractivity contribution >= 4 is 26.8 Å². The van der Waals surface area contributed by atoms with Gasteiger partial charge in [-0.25, -0.2) is 17.4 Å². The Kier molecular flexibility index (Phi) is 4.24. The molecule has 0 amide bonds. The summed E-state index contributed by atoms with van der Waals surface area (Å²) in [6.07, 6.45) is 1.60. The topological polar surface area (TPSA) is 69.0 Å². The zero-order valence-electron chi connectivity index (χ0n) is 13.5. The molecule has 0 aliphatic rings. The van der Waals surface area contributed by atoms with E-state index in [4.69, 9.17) is 0 Å². The molecule has 0 fully saturated rings. The summed E-state index contributed by atoms with van der Waals surface area (Å²) in [7, 11) is -3.82. The summed E-state index contributed by atoms with van der Waals surface area (Å²) in [6, 6.07) is 13.4. The van der Waals surface area contributed by atoms with Crippen LogP contribution in [-0.2, 0) is 21.2 Å². The van der Waals surface area contributed by atoms with Crippen molar-refractivity contribution in [2.45, 2.75) is 25.2 Å². The number of hydrogen-bond donors (Lipinski definition) is 0. The highest BCUT2D eigenvalue weighted by atomic mass is 32.2. The van der Waals surface area contributed by atoms with Crippen LogP contribution in [0, 0.1) is 5.92 Å². The molecule has 0 spiro atoms. The maximum atomic E-state index is 13.1. The van der Waals surface area contributed by atoms with Crippen molar-refractivity contribution in [3.8, 4) is 0 Å². The summed E-state index contributed by atoms with van der Waals surface area (Å²) in [5.74, 6) is -0.175. The van der Waals surface area contributed by atoms with E-state index in [2.05, 4.69) is 4.98 Å². The number of carbonyl (C=O) groups excluding carboxylic acids is 1. The summed E-state index contributed by atoms with van der Waals surface area (Å²) in [5, 5.41) is 0.698. The molecule has 24 heavy (non-hydrogen) atoms. The van der Waals surface area contributed by atoms with Crippen LogP contribution in [0.25, 0.3) is 11.0 Å². The molecule has 0 saturated heterocycles. The van der Waals surface area contributed by atoms with Crippen LogP contribution in [-0.4, -0.2) is 23.2 Å². The third kappa shape index (κ3) is 2.85. The summed E-state index contributed by atoms with van der Waals surface area (Å²) in [5.41, 5.74) is 0.777. The van der Waals surface area contributed by atoms with Crippen LogP contribution in [0.1, 0.15) is 19.5 Å². The molecule has 0 atom stereocenters. The van der Waals surface area contributed by atoms with Crippen molar-refractivity contribution in [2.24, 2.45) is 5.92 Å². The molecule has 0 radical (unpaired) electrons. The van der Waals surface area contributed by atoms with Crippen molar-refractivity contribution in [2.75, 3.05) is 0 Å². The maximum absolute atomic E-state index is 13.1. The lowest BCUT2D eigenvalue weighted by molar-refractivity contribution is -0.121. The SMILES string of the molecule is CC(C)C(=O)Cc1cc2cccnc2n1S(=O)(=O)c1ccccc1. The lowest BCUT2D eigenvalue weighted by Crippen LogP contribution is -2.19. The molecule has 124 valence electrons. The van der Waals surface area contributed by atoms with Gasteiger partial charge in [-0.05, 0) is 30.3 Å². The number of rotatable bonds is 5. The van der Waals surface area contributed by atoms with E-state index < -0.39 is 10.0 Å². The van der Waals surface area contributed by atoms with Crippen LogP contribution < -0.4 is 0 Å². The van der Waals surface area contributed by atoms with E-state index in [0.29, 0.717) is 16.7 Å². The minimum Gasteiger partial charge on any atom is -0.299 e. The Morgan fingerprint density at radius 1 is 1.12 bits per heavy atom. The minimum absolute atomic E-state index is 0.0117. The smallest absolute Gasteiger partial charge is 0.269 e. The van der Waals surface area contributed by atoms with Crippen molar-refractivity contribution in [3.63, 3.8) is 0 Å². The van der Waals surface area contributed by atoms with Gasteiger partial charge in [0.15, 0.2) is 5.65 Å². The number of Topliss-reactive ketones (excluding diaryl/α,β-unsaturated/α-hetero) is 1. The van der Waals surface area contributed by atoms with Crippen LogP contribution in [0.15, 0.2) is 59.6 Å². The van der Waals surface area contributed by atoms with Gasteiger partial charge in [-0.3, -0.25) is 4.79 Å². The molecule has 6 heteroatoms. The van der Waals surface area contributed by atoms with Crippen LogP contribution in [0.2, 0.25) is 0 Å². The van der Waals surface area contributed by atoms with Crippen LogP contribution in [0.5, 0.6) is 0 Å². The van der Waals surface area contributed by atoms with E-state index in [9.17, 15) is 13.2 Å². The number of benzene rings is 1. The second-order valence-corrected chi connectivity index (χ2v) is 7.72. The minimum atomic E-state index is -3.82. The molecule has 0 N–H and O–H groups in total. The van der Waals surface area contributed by atoms with E-state index in [1.807, 2.05) is 0 Å². The highest BCUT2D eigenvalue weighted by molar-refractivity contribution is 7.90. The van der Waals surface area contributed by atoms with Gasteiger partial charge in [-0.2, -0.15) is 0 Å². The lowest BCUT2D eigenvalue weighted by Gasteiger charge is -2.12. The first-order valence-electron chi connectivity index (χ1n) is 7.70. The first-order valence-corrected chi connectivity index (χ1v) is 9.14. The summed E-state index contributed by atoms with van der Waals surface area (Å²) >= 11 is 0. The first-order chi connectivity index (χ1) is 11.4. The van der Waals surface area contributed by atoms with Gasteiger partial charge in [-0.15, -0.1) is 0 Å². The molecule has 3 aromatic rings. The maximum Gasteiger partial charge on any atom is 0.269 e. The molecule has 0 unspecified atom stereocenters. The van der Waals surface area contributed by atoms with E-state index in [1.165, 1.54) is 16.1 Å². The zero-order valence-corrected chi connectivity index (χ0v) is 14.3. The quantitative estimate of drug-likeness (QED) is 0.715. The molecule has 0 saturated carbocycles. The van der Waals surface area contributed by atoms with Crippen LogP contribution in [0.4, 0.5) is 0 Å². The Morgan fingerprint density at radius 3 is 2.50 bits per heavy atom. The first kappa shape index (κ1) is 16.4. The van der Waals surface area contributed by atoms with Crippen LogP contribution >= 0.6 is 0 Å². The van der Waals surface area contributed by atoms with Gasteiger partial charge in [0, 0.05) is 29.6 Å². The Morgan fingerprint density at radius 2 is 1.83 bits per heavy atom. The number of pyridine rings is 1. The third-order valence-electron chi connectivity index (χ3n) is 3.87. The van der Waals surface area contributed by atoms with Crippen molar-refractivity contribution in [3.05, 3.63) is 60.4 Å². The Labute approximate surface area is 141 Å². The molecule has 1 aromatic carbocycles. The van der Waals surface area contributed by atoms with E-state index in [-0.39, 0.29) is 23.0 Å². The standard InChI is InChI=1S/C18H18N2O3S/c1-13(2)17(21)12-15-11-14-7-6-10-19-18(14)20(15)24(22,23)16-8-4-3-5-9-16/h3-11,13H,12H2,1-2H3. The second-order valence-electron chi connectivity index (χ2n) is 5.93. The molecule has 0 aliphatic carbocycles. The van der Waals surface area contributed by atoms with Gasteiger partial charge in [0.2, 0.25) is 0 Å². The van der Waals surface area contributed by atoms with Gasteiger partial charge in [0.05, 0.1) is 4.90 Å². The average Bonchev–Trinajstić information content (AvgIpc) is 2.94. The predicted octanol–water partition coefficient (Wildman–Crippen LogP) is 3.04. The average molecular weight is 342 g/mol. The normalized spacial score (nSPS) is 12.0. The van der Waals surface area contributed by atoms with Crippen molar-refractivity contribution in [1.82, 2.24) is 8.96 Å². The number of aromatic nitrogens is 2. The highest BCUT2D eigenvalue weighted by Crippen LogP contribution is 2.25. The van der Waals surface area contributed by atoms with Gasteiger partial charge < -0.3 is 0 Å². The number of nitrogens with zero attached hydrogens (tertiary/aromatic N) is 2. The number of fused-ring (bicyclic) bond motifs is 1. The molecule has 5 nitrogen and oxygen atoms in total. The van der Waals surface area contributed by atoms with E-state index in [0.717, 1.165) is 0 Å². The third-order valence-corrected chi connectivity index (χ3v) is 5.63. The van der Waals surface area contributed by atoms with E-state index in [1.54, 1.807) is 56.4 Å². The van der Waals surface area contributed by atoms with Gasteiger partial charge in [-0.1, -0.05) is 32.0 Å². The van der Waals surface area contributed by atoms with Crippen molar-refractivity contribution in [1.29, 1.82) is 0 Å². The highest BCUT2D eigenvalue weighted by Gasteiger charge is 2.25. The Bertz CT molecular complexity index is 990. The molecular weight excluding hydrogens is 324 g/mol. The fraction of sp³-hybridized carbons (Fsp3) is 0.222. The summed E-state index contributed by atoms with van der Waals surface area (Å²) < 4.78 is 27.4. The fourth-order valence-electron chi connectivity index (χ4n) is 2.54. The van der Waals surface area contributed by atoms with Crippen LogP contribution in [0.3, 0.4) is 0 Å². The second kappa shape index (κ2) is 6.20. The largest absolute Gasteiger partial charge is 0.299 e. The Balaban J connectivity index is 2.24. The summed E-state index contributed by atoms with van der Waals surface area (Å²) in [4.78, 5) is 16.6. The Hall–Kier alpha value is -2.47. The van der Waals surface area contributed by atoms with Gasteiger partial charge >= 0.3 is 0 Å². The molecule has 2 heterocycles. The molecule has 0 bridgehead atoms. The zero-order chi connectivity index (χ0) is 17.3. The molecular formula is C18H18N2O3S. The van der Waals surface area contributed by atoms with Gasteiger partial charge in [0.1, 0.15) is 5.78 Å². The molecule has 0 aliphatic heterocycles. The van der Waals surface area contributed by atoms with E-state index >= 15 is 0 Å².